The Kier molecular flexibility index (Phi) is 1.33. The number of aliphatic hydroxyl groups excluding tert-OH is 1. The van der Waals surface area contributed by atoms with Crippen LogP contribution < -0.4 is 0 Å². The van der Waals surface area contributed by atoms with E-state index in [1.807, 2.05) is 0 Å². The molecular formula is C7H14O2. The minimum absolute atomic E-state index is 0.0869. The van der Waals surface area contributed by atoms with Crippen molar-refractivity contribution in [2.45, 2.75) is 32.3 Å². The van der Waals surface area contributed by atoms with Gasteiger partial charge < -0.3 is 10.2 Å². The Morgan fingerprint density at radius 2 is 1.78 bits per heavy atom. The fourth-order valence-electron chi connectivity index (χ4n) is 1.84. The lowest BCUT2D eigenvalue weighted by molar-refractivity contribution is -0.139. The largest absolute Gasteiger partial charge is 0.393 e. The molecule has 54 valence electrons. The maximum atomic E-state index is 9.30. The molecule has 0 atom stereocenters. The standard InChI is InChI=1S/C7H14O2/c1-6(2)3-7(9,4-6)5-8/h8-9H,3-5H2,1-2H3. The van der Waals surface area contributed by atoms with E-state index in [4.69, 9.17) is 5.11 Å². The molecule has 0 unspecified atom stereocenters. The summed E-state index contributed by atoms with van der Waals surface area (Å²) in [6, 6.07) is 0. The fraction of sp³-hybridized carbons (Fsp3) is 1.00. The van der Waals surface area contributed by atoms with Crippen molar-refractivity contribution in [2.75, 3.05) is 6.61 Å². The Labute approximate surface area is 55.5 Å². The number of aliphatic hydroxyl groups is 2. The zero-order chi connectivity index (χ0) is 7.12. The van der Waals surface area contributed by atoms with Gasteiger partial charge in [0, 0.05) is 0 Å². The molecule has 0 bridgehead atoms. The third-order valence-electron chi connectivity index (χ3n) is 1.91. The van der Waals surface area contributed by atoms with E-state index in [0.717, 1.165) is 12.8 Å². The lowest BCUT2D eigenvalue weighted by Crippen LogP contribution is -2.51. The van der Waals surface area contributed by atoms with E-state index in [2.05, 4.69) is 13.8 Å². The van der Waals surface area contributed by atoms with Crippen molar-refractivity contribution >= 4 is 0 Å². The second-order valence-corrected chi connectivity index (χ2v) is 3.90. The Bertz CT molecular complexity index is 110. The Balaban J connectivity index is 2.41. The van der Waals surface area contributed by atoms with Gasteiger partial charge in [0.15, 0.2) is 0 Å². The molecule has 0 aromatic carbocycles. The monoisotopic (exact) mass is 130 g/mol. The molecule has 1 aliphatic rings. The van der Waals surface area contributed by atoms with Crippen molar-refractivity contribution in [1.29, 1.82) is 0 Å². The van der Waals surface area contributed by atoms with Crippen LogP contribution in [0.5, 0.6) is 0 Å². The van der Waals surface area contributed by atoms with Crippen molar-refractivity contribution in [3.05, 3.63) is 0 Å². The van der Waals surface area contributed by atoms with Crippen LogP contribution in [0.3, 0.4) is 0 Å². The van der Waals surface area contributed by atoms with Gasteiger partial charge in [-0.25, -0.2) is 0 Å². The summed E-state index contributed by atoms with van der Waals surface area (Å²) in [4.78, 5) is 0. The Morgan fingerprint density at radius 1 is 1.33 bits per heavy atom. The highest BCUT2D eigenvalue weighted by Gasteiger charge is 2.47. The summed E-state index contributed by atoms with van der Waals surface area (Å²) in [5, 5.41) is 17.9. The topological polar surface area (TPSA) is 40.5 Å². The van der Waals surface area contributed by atoms with Crippen LogP contribution in [0, 0.1) is 5.41 Å². The number of rotatable bonds is 1. The molecule has 0 aromatic rings. The third-order valence-corrected chi connectivity index (χ3v) is 1.91. The second-order valence-electron chi connectivity index (χ2n) is 3.90. The van der Waals surface area contributed by atoms with Crippen LogP contribution in [0.2, 0.25) is 0 Å². The third kappa shape index (κ3) is 1.25. The first-order valence-electron chi connectivity index (χ1n) is 3.31. The normalized spacial score (nSPS) is 29.3. The summed E-state index contributed by atoms with van der Waals surface area (Å²) in [6.07, 6.45) is 1.47. The highest BCUT2D eigenvalue weighted by atomic mass is 16.3. The molecule has 0 radical (unpaired) electrons. The molecule has 0 amide bonds. The molecule has 2 heteroatoms. The van der Waals surface area contributed by atoms with Crippen molar-refractivity contribution in [1.82, 2.24) is 0 Å². The first kappa shape index (κ1) is 7.03. The molecule has 0 aromatic heterocycles. The van der Waals surface area contributed by atoms with Crippen molar-refractivity contribution in [2.24, 2.45) is 5.41 Å². The van der Waals surface area contributed by atoms with Crippen LogP contribution in [-0.2, 0) is 0 Å². The van der Waals surface area contributed by atoms with Gasteiger partial charge in [-0.05, 0) is 18.3 Å². The van der Waals surface area contributed by atoms with E-state index in [1.54, 1.807) is 0 Å². The second kappa shape index (κ2) is 1.70. The summed E-state index contributed by atoms with van der Waals surface area (Å²) in [6.45, 7) is 4.10. The van der Waals surface area contributed by atoms with Crippen LogP contribution in [0.25, 0.3) is 0 Å². The first-order valence-corrected chi connectivity index (χ1v) is 3.31. The molecule has 2 N–H and O–H groups in total. The maximum absolute atomic E-state index is 9.30. The van der Waals surface area contributed by atoms with Crippen LogP contribution in [0.15, 0.2) is 0 Å². The highest BCUT2D eigenvalue weighted by Crippen LogP contribution is 2.47. The van der Waals surface area contributed by atoms with Gasteiger partial charge in [-0.1, -0.05) is 13.8 Å². The maximum Gasteiger partial charge on any atom is 0.0887 e. The predicted octanol–water partition coefficient (Wildman–Crippen LogP) is 0.530. The summed E-state index contributed by atoms with van der Waals surface area (Å²) in [5.41, 5.74) is -0.499. The molecule has 0 heterocycles. The minimum atomic E-state index is -0.747. The molecule has 0 saturated heterocycles. The van der Waals surface area contributed by atoms with Crippen molar-refractivity contribution in [3.63, 3.8) is 0 Å². The number of hydrogen-bond donors (Lipinski definition) is 2. The Morgan fingerprint density at radius 3 is 1.89 bits per heavy atom. The molecule has 1 saturated carbocycles. The Hall–Kier alpha value is -0.0800. The van der Waals surface area contributed by atoms with Gasteiger partial charge in [0.25, 0.3) is 0 Å². The molecular weight excluding hydrogens is 116 g/mol. The zero-order valence-electron chi connectivity index (χ0n) is 6.02. The van der Waals surface area contributed by atoms with Gasteiger partial charge in [-0.2, -0.15) is 0 Å². The molecule has 0 aliphatic heterocycles. The van der Waals surface area contributed by atoms with E-state index in [0.29, 0.717) is 0 Å². The lowest BCUT2D eigenvalue weighted by atomic mass is 9.62. The van der Waals surface area contributed by atoms with Gasteiger partial charge in [-0.15, -0.1) is 0 Å². The summed E-state index contributed by atoms with van der Waals surface area (Å²) in [7, 11) is 0. The first-order chi connectivity index (χ1) is 3.97. The smallest absolute Gasteiger partial charge is 0.0887 e. The van der Waals surface area contributed by atoms with Crippen LogP contribution in [-0.4, -0.2) is 22.4 Å². The SMILES string of the molecule is CC1(C)CC(O)(CO)C1. The fourth-order valence-corrected chi connectivity index (χ4v) is 1.84. The van der Waals surface area contributed by atoms with E-state index in [-0.39, 0.29) is 12.0 Å². The van der Waals surface area contributed by atoms with Crippen LogP contribution in [0.4, 0.5) is 0 Å². The molecule has 1 aliphatic carbocycles. The van der Waals surface area contributed by atoms with Gasteiger partial charge >= 0.3 is 0 Å². The van der Waals surface area contributed by atoms with Crippen LogP contribution in [0.1, 0.15) is 26.7 Å². The molecule has 1 fully saturated rings. The average Bonchev–Trinajstić information content (AvgIpc) is 1.61. The van der Waals surface area contributed by atoms with Gasteiger partial charge in [-0.3, -0.25) is 0 Å². The van der Waals surface area contributed by atoms with Crippen molar-refractivity contribution < 1.29 is 10.2 Å². The number of hydrogen-bond acceptors (Lipinski definition) is 2. The van der Waals surface area contributed by atoms with E-state index < -0.39 is 5.60 Å². The van der Waals surface area contributed by atoms with Gasteiger partial charge in [0.05, 0.1) is 12.2 Å². The van der Waals surface area contributed by atoms with E-state index in [9.17, 15) is 5.11 Å². The van der Waals surface area contributed by atoms with Crippen LogP contribution >= 0.6 is 0 Å². The van der Waals surface area contributed by atoms with Crippen molar-refractivity contribution in [3.8, 4) is 0 Å². The molecule has 1 rings (SSSR count). The van der Waals surface area contributed by atoms with E-state index in [1.165, 1.54) is 0 Å². The molecule has 0 spiro atoms. The summed E-state index contributed by atoms with van der Waals surface area (Å²) >= 11 is 0. The molecule has 9 heavy (non-hydrogen) atoms. The quantitative estimate of drug-likeness (QED) is 0.543. The summed E-state index contributed by atoms with van der Waals surface area (Å²) < 4.78 is 0. The minimum Gasteiger partial charge on any atom is -0.393 e. The van der Waals surface area contributed by atoms with Gasteiger partial charge in [0.2, 0.25) is 0 Å². The highest BCUT2D eigenvalue weighted by molar-refractivity contribution is 4.98. The average molecular weight is 130 g/mol. The lowest BCUT2D eigenvalue weighted by Gasteiger charge is -2.48. The predicted molar refractivity (Wildman–Crippen MR) is 35.1 cm³/mol. The summed E-state index contributed by atoms with van der Waals surface area (Å²) in [5.74, 6) is 0. The molecule has 2 nitrogen and oxygen atoms in total. The van der Waals surface area contributed by atoms with Gasteiger partial charge in [0.1, 0.15) is 0 Å². The zero-order valence-corrected chi connectivity index (χ0v) is 6.02. The van der Waals surface area contributed by atoms with E-state index >= 15 is 0 Å².